The summed E-state index contributed by atoms with van der Waals surface area (Å²) in [4.78, 5) is 11.3. The van der Waals surface area contributed by atoms with Crippen LogP contribution in [0.2, 0.25) is 0 Å². The van der Waals surface area contributed by atoms with Crippen LogP contribution in [0, 0.1) is 5.82 Å². The van der Waals surface area contributed by atoms with Gasteiger partial charge in [-0.2, -0.15) is 0 Å². The van der Waals surface area contributed by atoms with E-state index >= 15 is 0 Å². The monoisotopic (exact) mass is 304 g/mol. The van der Waals surface area contributed by atoms with E-state index < -0.39 is 5.97 Å². The molecular weight excluding hydrogens is 287 g/mol. The minimum absolute atomic E-state index is 0.00885. The van der Waals surface area contributed by atoms with Crippen LogP contribution < -0.4 is 9.47 Å². The fourth-order valence-corrected chi connectivity index (χ4v) is 1.94. The van der Waals surface area contributed by atoms with E-state index in [1.807, 2.05) is 13.8 Å². The molecule has 0 aliphatic heterocycles. The Kier molecular flexibility index (Phi) is 4.99. The van der Waals surface area contributed by atoms with E-state index in [0.29, 0.717) is 11.3 Å². The van der Waals surface area contributed by atoms with E-state index in [2.05, 4.69) is 0 Å². The predicted octanol–water partition coefficient (Wildman–Crippen LogP) is 3.89. The van der Waals surface area contributed by atoms with Crippen LogP contribution in [-0.2, 0) is 6.61 Å². The van der Waals surface area contributed by atoms with E-state index in [0.717, 1.165) is 0 Å². The van der Waals surface area contributed by atoms with E-state index in [1.165, 1.54) is 18.2 Å². The molecule has 0 aliphatic rings. The van der Waals surface area contributed by atoms with Crippen molar-refractivity contribution in [3.05, 3.63) is 59.4 Å². The highest BCUT2D eigenvalue weighted by Crippen LogP contribution is 2.26. The smallest absolute Gasteiger partial charge is 0.339 e. The van der Waals surface area contributed by atoms with Gasteiger partial charge < -0.3 is 14.6 Å². The molecular formula is C17H17FO4. The first-order valence-electron chi connectivity index (χ1n) is 6.87. The number of carbonyl (C=O) groups is 1. The third kappa shape index (κ3) is 4.22. The van der Waals surface area contributed by atoms with Gasteiger partial charge in [-0.05, 0) is 49.7 Å². The second kappa shape index (κ2) is 6.93. The van der Waals surface area contributed by atoms with Crippen molar-refractivity contribution >= 4 is 5.97 Å². The molecule has 2 rings (SSSR count). The highest BCUT2D eigenvalue weighted by atomic mass is 19.1. The first-order chi connectivity index (χ1) is 10.5. The van der Waals surface area contributed by atoms with Crippen LogP contribution in [0.15, 0.2) is 42.5 Å². The van der Waals surface area contributed by atoms with Crippen LogP contribution in [0.1, 0.15) is 29.8 Å². The van der Waals surface area contributed by atoms with Gasteiger partial charge in [-0.1, -0.05) is 12.1 Å². The molecule has 0 atom stereocenters. The van der Waals surface area contributed by atoms with Crippen LogP contribution in [0.3, 0.4) is 0 Å². The molecule has 0 fully saturated rings. The van der Waals surface area contributed by atoms with E-state index in [9.17, 15) is 14.3 Å². The maximum atomic E-state index is 13.1. The summed E-state index contributed by atoms with van der Waals surface area (Å²) in [5.74, 6) is -0.790. The number of ether oxygens (including phenoxy) is 2. The van der Waals surface area contributed by atoms with Crippen molar-refractivity contribution in [3.63, 3.8) is 0 Å². The van der Waals surface area contributed by atoms with E-state index in [1.54, 1.807) is 24.3 Å². The van der Waals surface area contributed by atoms with Gasteiger partial charge in [0.2, 0.25) is 0 Å². The molecule has 0 aliphatic carbocycles. The Morgan fingerprint density at radius 2 is 2.00 bits per heavy atom. The predicted molar refractivity (Wildman–Crippen MR) is 79.9 cm³/mol. The molecule has 2 aromatic rings. The molecule has 0 unspecified atom stereocenters. The maximum Gasteiger partial charge on any atom is 0.339 e. The average Bonchev–Trinajstić information content (AvgIpc) is 2.45. The molecule has 2 aromatic carbocycles. The minimum atomic E-state index is -1.11. The number of halogens is 1. The second-order valence-corrected chi connectivity index (χ2v) is 5.05. The first kappa shape index (κ1) is 15.8. The molecule has 0 aromatic heterocycles. The Morgan fingerprint density at radius 3 is 2.64 bits per heavy atom. The number of hydrogen-bond donors (Lipinski definition) is 1. The maximum absolute atomic E-state index is 13.1. The summed E-state index contributed by atoms with van der Waals surface area (Å²) in [6, 6.07) is 10.6. The van der Waals surface area contributed by atoms with Crippen molar-refractivity contribution in [2.45, 2.75) is 26.6 Å². The summed E-state index contributed by atoms with van der Waals surface area (Å²) < 4.78 is 24.1. The lowest BCUT2D eigenvalue weighted by Gasteiger charge is -2.13. The van der Waals surface area contributed by atoms with Gasteiger partial charge in [0, 0.05) is 0 Å². The number of aromatic carboxylic acids is 1. The Morgan fingerprint density at radius 1 is 1.23 bits per heavy atom. The van der Waals surface area contributed by atoms with Gasteiger partial charge in [0.15, 0.2) is 0 Å². The fourth-order valence-electron chi connectivity index (χ4n) is 1.94. The number of carboxylic acids is 1. The van der Waals surface area contributed by atoms with Crippen molar-refractivity contribution < 1.29 is 23.8 Å². The molecule has 22 heavy (non-hydrogen) atoms. The van der Waals surface area contributed by atoms with Crippen molar-refractivity contribution in [1.29, 1.82) is 0 Å². The van der Waals surface area contributed by atoms with Crippen LogP contribution in [0.25, 0.3) is 0 Å². The topological polar surface area (TPSA) is 55.8 Å². The minimum Gasteiger partial charge on any atom is -0.491 e. The summed E-state index contributed by atoms with van der Waals surface area (Å²) in [5.41, 5.74) is 0.633. The summed E-state index contributed by atoms with van der Waals surface area (Å²) in [6.07, 6.45) is -0.0549. The molecule has 0 saturated carbocycles. The van der Waals surface area contributed by atoms with Gasteiger partial charge >= 0.3 is 5.97 Å². The third-order valence-electron chi connectivity index (χ3n) is 2.84. The van der Waals surface area contributed by atoms with Crippen LogP contribution in [0.5, 0.6) is 11.5 Å². The summed E-state index contributed by atoms with van der Waals surface area (Å²) in [5, 5.41) is 9.27. The van der Waals surface area contributed by atoms with Gasteiger partial charge in [-0.25, -0.2) is 9.18 Å². The largest absolute Gasteiger partial charge is 0.491 e. The molecule has 0 amide bonds. The molecule has 0 heterocycles. The molecule has 0 saturated heterocycles. The Bertz CT molecular complexity index is 667. The molecule has 5 heteroatoms. The van der Waals surface area contributed by atoms with Crippen LogP contribution >= 0.6 is 0 Å². The standard InChI is InChI=1S/C17H17FO4/c1-11(2)22-14-6-7-16(15(9-14)17(19)20)21-10-12-4-3-5-13(18)8-12/h3-9,11H,10H2,1-2H3,(H,19,20). The van der Waals surface area contributed by atoms with Crippen molar-refractivity contribution in [3.8, 4) is 11.5 Å². The highest BCUT2D eigenvalue weighted by Gasteiger charge is 2.14. The molecule has 0 radical (unpaired) electrons. The summed E-state index contributed by atoms with van der Waals surface area (Å²) >= 11 is 0. The SMILES string of the molecule is CC(C)Oc1ccc(OCc2cccc(F)c2)c(C(=O)O)c1. The molecule has 0 bridgehead atoms. The van der Waals surface area contributed by atoms with Gasteiger partial charge in [0.1, 0.15) is 29.5 Å². The van der Waals surface area contributed by atoms with Gasteiger partial charge in [0.05, 0.1) is 6.10 Å². The summed E-state index contributed by atoms with van der Waals surface area (Å²) in [7, 11) is 0. The fraction of sp³-hybridized carbons (Fsp3) is 0.235. The molecule has 116 valence electrons. The van der Waals surface area contributed by atoms with Crippen molar-refractivity contribution in [1.82, 2.24) is 0 Å². The normalized spacial score (nSPS) is 10.5. The number of hydrogen-bond acceptors (Lipinski definition) is 3. The lowest BCUT2D eigenvalue weighted by atomic mass is 10.2. The first-order valence-corrected chi connectivity index (χ1v) is 6.87. The zero-order valence-corrected chi connectivity index (χ0v) is 12.4. The Labute approximate surface area is 128 Å². The lowest BCUT2D eigenvalue weighted by molar-refractivity contribution is 0.0691. The Balaban J connectivity index is 2.17. The van der Waals surface area contributed by atoms with Crippen molar-refractivity contribution in [2.24, 2.45) is 0 Å². The van der Waals surface area contributed by atoms with Crippen molar-refractivity contribution in [2.75, 3.05) is 0 Å². The van der Waals surface area contributed by atoms with E-state index in [4.69, 9.17) is 9.47 Å². The van der Waals surface area contributed by atoms with Gasteiger partial charge in [-0.3, -0.25) is 0 Å². The zero-order valence-electron chi connectivity index (χ0n) is 12.4. The van der Waals surface area contributed by atoms with Gasteiger partial charge in [-0.15, -0.1) is 0 Å². The molecule has 1 N–H and O–H groups in total. The summed E-state index contributed by atoms with van der Waals surface area (Å²) in [6.45, 7) is 3.80. The number of benzene rings is 2. The van der Waals surface area contributed by atoms with E-state index in [-0.39, 0.29) is 29.8 Å². The average molecular weight is 304 g/mol. The molecule has 4 nitrogen and oxygen atoms in total. The second-order valence-electron chi connectivity index (χ2n) is 5.05. The number of carboxylic acid groups (broad SMARTS) is 1. The highest BCUT2D eigenvalue weighted by molar-refractivity contribution is 5.91. The lowest BCUT2D eigenvalue weighted by Crippen LogP contribution is -2.08. The van der Waals surface area contributed by atoms with Crippen LogP contribution in [0.4, 0.5) is 4.39 Å². The van der Waals surface area contributed by atoms with Crippen LogP contribution in [-0.4, -0.2) is 17.2 Å². The quantitative estimate of drug-likeness (QED) is 0.879. The molecule has 0 spiro atoms. The Hall–Kier alpha value is -2.56. The zero-order chi connectivity index (χ0) is 16.1. The van der Waals surface area contributed by atoms with Gasteiger partial charge in [0.25, 0.3) is 0 Å². The number of rotatable bonds is 6. The third-order valence-corrected chi connectivity index (χ3v) is 2.84.